The molecular formula is C21H25N3O2. The first-order chi connectivity index (χ1) is 12.5. The Morgan fingerprint density at radius 1 is 0.962 bits per heavy atom. The smallest absolute Gasteiger partial charge is 0.319 e. The van der Waals surface area contributed by atoms with Gasteiger partial charge in [0.25, 0.3) is 5.91 Å². The van der Waals surface area contributed by atoms with Crippen LogP contribution in [0.2, 0.25) is 0 Å². The van der Waals surface area contributed by atoms with Crippen molar-refractivity contribution in [2.45, 2.75) is 32.7 Å². The number of carbonyl (C=O) groups is 2. The summed E-state index contributed by atoms with van der Waals surface area (Å²) in [6.07, 6.45) is 1.53. The Kier molecular flexibility index (Phi) is 5.56. The summed E-state index contributed by atoms with van der Waals surface area (Å²) in [5.41, 5.74) is 3.72. The Labute approximate surface area is 154 Å². The van der Waals surface area contributed by atoms with Crippen LogP contribution < -0.4 is 10.6 Å². The predicted molar refractivity (Wildman–Crippen MR) is 103 cm³/mol. The van der Waals surface area contributed by atoms with Gasteiger partial charge in [0, 0.05) is 30.4 Å². The molecule has 5 nitrogen and oxygen atoms in total. The molecule has 1 saturated heterocycles. The highest BCUT2D eigenvalue weighted by Crippen LogP contribution is 2.16. The lowest BCUT2D eigenvalue weighted by atomic mass is 10.0. The molecule has 0 aliphatic carbocycles. The fourth-order valence-corrected chi connectivity index (χ4v) is 3.38. The van der Waals surface area contributed by atoms with E-state index in [4.69, 9.17) is 0 Å². The van der Waals surface area contributed by atoms with Gasteiger partial charge in [-0.25, -0.2) is 4.79 Å². The van der Waals surface area contributed by atoms with Gasteiger partial charge < -0.3 is 15.5 Å². The Bertz CT molecular complexity index is 761. The number of rotatable bonds is 3. The standard InChI is InChI=1S/C21H25N3O2/c1-15-12-16(2)14-17(13-15)20(25)24-10-8-19(9-11-24)23-21(26)22-18-6-4-3-5-7-18/h3-7,12-14,19H,8-11H2,1-2H3,(H2,22,23,26). The van der Waals surface area contributed by atoms with Crippen LogP contribution in [0.15, 0.2) is 48.5 Å². The quantitative estimate of drug-likeness (QED) is 0.885. The molecule has 26 heavy (non-hydrogen) atoms. The fourth-order valence-electron chi connectivity index (χ4n) is 3.38. The molecule has 0 radical (unpaired) electrons. The average Bonchev–Trinajstić information content (AvgIpc) is 2.61. The third-order valence-corrected chi connectivity index (χ3v) is 4.62. The van der Waals surface area contributed by atoms with Gasteiger partial charge in [-0.1, -0.05) is 35.4 Å². The van der Waals surface area contributed by atoms with Crippen LogP contribution in [0.1, 0.15) is 34.3 Å². The van der Waals surface area contributed by atoms with E-state index in [1.54, 1.807) is 0 Å². The number of nitrogens with one attached hydrogen (secondary N) is 2. The van der Waals surface area contributed by atoms with Crippen LogP contribution in [0, 0.1) is 13.8 Å². The molecule has 1 fully saturated rings. The molecule has 0 spiro atoms. The molecule has 0 unspecified atom stereocenters. The van der Waals surface area contributed by atoms with Gasteiger partial charge in [-0.2, -0.15) is 0 Å². The van der Waals surface area contributed by atoms with Gasteiger partial charge in [0.05, 0.1) is 0 Å². The molecule has 3 rings (SSSR count). The largest absolute Gasteiger partial charge is 0.338 e. The van der Waals surface area contributed by atoms with Crippen molar-refractivity contribution in [3.63, 3.8) is 0 Å². The normalized spacial score (nSPS) is 14.8. The number of anilines is 1. The first-order valence-corrected chi connectivity index (χ1v) is 9.01. The molecule has 0 bridgehead atoms. The minimum Gasteiger partial charge on any atom is -0.338 e. The Hall–Kier alpha value is -2.82. The lowest BCUT2D eigenvalue weighted by Gasteiger charge is -2.32. The number of aryl methyl sites for hydroxylation is 2. The van der Waals surface area contributed by atoms with Crippen LogP contribution in [-0.4, -0.2) is 36.0 Å². The zero-order chi connectivity index (χ0) is 18.5. The Morgan fingerprint density at radius 3 is 2.19 bits per heavy atom. The molecule has 2 aromatic rings. The number of hydrogen-bond acceptors (Lipinski definition) is 2. The lowest BCUT2D eigenvalue weighted by molar-refractivity contribution is 0.0708. The molecule has 2 aromatic carbocycles. The number of urea groups is 1. The van der Waals surface area contributed by atoms with E-state index in [1.165, 1.54) is 0 Å². The van der Waals surface area contributed by atoms with Crippen molar-refractivity contribution in [3.8, 4) is 0 Å². The molecule has 1 aliphatic heterocycles. The minimum absolute atomic E-state index is 0.0731. The predicted octanol–water partition coefficient (Wildman–Crippen LogP) is 3.73. The Balaban J connectivity index is 1.51. The van der Waals surface area contributed by atoms with E-state index in [9.17, 15) is 9.59 Å². The van der Waals surface area contributed by atoms with Crippen molar-refractivity contribution in [1.82, 2.24) is 10.2 Å². The average molecular weight is 351 g/mol. The van der Waals surface area contributed by atoms with E-state index >= 15 is 0 Å². The van der Waals surface area contributed by atoms with Crippen molar-refractivity contribution < 1.29 is 9.59 Å². The second-order valence-electron chi connectivity index (χ2n) is 6.91. The maximum absolute atomic E-state index is 12.7. The Morgan fingerprint density at radius 2 is 1.58 bits per heavy atom. The highest BCUT2D eigenvalue weighted by Gasteiger charge is 2.24. The third-order valence-electron chi connectivity index (χ3n) is 4.62. The van der Waals surface area contributed by atoms with Crippen LogP contribution in [0.25, 0.3) is 0 Å². The molecular weight excluding hydrogens is 326 g/mol. The number of amides is 3. The van der Waals surface area contributed by atoms with Gasteiger partial charge in [0.2, 0.25) is 0 Å². The number of para-hydroxylation sites is 1. The molecule has 0 saturated carbocycles. The van der Waals surface area contributed by atoms with Crippen molar-refractivity contribution in [1.29, 1.82) is 0 Å². The molecule has 136 valence electrons. The monoisotopic (exact) mass is 351 g/mol. The fraction of sp³-hybridized carbons (Fsp3) is 0.333. The zero-order valence-corrected chi connectivity index (χ0v) is 15.3. The molecule has 0 atom stereocenters. The highest BCUT2D eigenvalue weighted by atomic mass is 16.2. The number of hydrogen-bond donors (Lipinski definition) is 2. The zero-order valence-electron chi connectivity index (χ0n) is 15.3. The summed E-state index contributed by atoms with van der Waals surface area (Å²) >= 11 is 0. The van der Waals surface area contributed by atoms with E-state index in [1.807, 2.05) is 61.2 Å². The molecule has 1 aliphatic rings. The number of carbonyl (C=O) groups excluding carboxylic acids is 2. The first kappa shape index (κ1) is 18.0. The third kappa shape index (κ3) is 4.63. The van der Waals surface area contributed by atoms with Crippen LogP contribution in [0.3, 0.4) is 0 Å². The summed E-state index contributed by atoms with van der Waals surface area (Å²) < 4.78 is 0. The van der Waals surface area contributed by atoms with Gasteiger partial charge >= 0.3 is 6.03 Å². The van der Waals surface area contributed by atoms with Gasteiger partial charge in [0.15, 0.2) is 0 Å². The molecule has 3 amide bonds. The summed E-state index contributed by atoms with van der Waals surface area (Å²) in [6, 6.07) is 15.2. The summed E-state index contributed by atoms with van der Waals surface area (Å²) in [7, 11) is 0. The second-order valence-corrected chi connectivity index (χ2v) is 6.91. The summed E-state index contributed by atoms with van der Waals surface area (Å²) in [5.74, 6) is 0.0731. The van der Waals surface area contributed by atoms with Gasteiger partial charge in [-0.15, -0.1) is 0 Å². The SMILES string of the molecule is Cc1cc(C)cc(C(=O)N2CCC(NC(=O)Nc3ccccc3)CC2)c1. The maximum Gasteiger partial charge on any atom is 0.319 e. The van der Waals surface area contributed by atoms with E-state index in [0.717, 1.165) is 35.2 Å². The van der Waals surface area contributed by atoms with Crippen LogP contribution >= 0.6 is 0 Å². The van der Waals surface area contributed by atoms with Crippen molar-refractivity contribution in [2.75, 3.05) is 18.4 Å². The minimum atomic E-state index is -0.199. The summed E-state index contributed by atoms with van der Waals surface area (Å²) in [4.78, 5) is 26.7. The number of likely N-dealkylation sites (tertiary alicyclic amines) is 1. The molecule has 2 N–H and O–H groups in total. The lowest BCUT2D eigenvalue weighted by Crippen LogP contribution is -2.47. The summed E-state index contributed by atoms with van der Waals surface area (Å²) in [5, 5.41) is 5.83. The molecule has 5 heteroatoms. The van der Waals surface area contributed by atoms with E-state index in [0.29, 0.717) is 13.1 Å². The van der Waals surface area contributed by atoms with E-state index in [-0.39, 0.29) is 18.0 Å². The topological polar surface area (TPSA) is 61.4 Å². The molecule has 0 aromatic heterocycles. The summed E-state index contributed by atoms with van der Waals surface area (Å²) in [6.45, 7) is 5.32. The number of benzene rings is 2. The maximum atomic E-state index is 12.7. The van der Waals surface area contributed by atoms with Crippen LogP contribution in [0.4, 0.5) is 10.5 Å². The second kappa shape index (κ2) is 8.04. The van der Waals surface area contributed by atoms with Crippen molar-refractivity contribution >= 4 is 17.6 Å². The van der Waals surface area contributed by atoms with Gasteiger partial charge in [-0.05, 0) is 51.0 Å². The highest BCUT2D eigenvalue weighted by molar-refractivity contribution is 5.94. The van der Waals surface area contributed by atoms with E-state index in [2.05, 4.69) is 16.7 Å². The van der Waals surface area contributed by atoms with Gasteiger partial charge in [0.1, 0.15) is 0 Å². The van der Waals surface area contributed by atoms with Crippen molar-refractivity contribution in [2.24, 2.45) is 0 Å². The van der Waals surface area contributed by atoms with Crippen LogP contribution in [0.5, 0.6) is 0 Å². The molecule has 1 heterocycles. The van der Waals surface area contributed by atoms with E-state index < -0.39 is 0 Å². The van der Waals surface area contributed by atoms with Gasteiger partial charge in [-0.3, -0.25) is 4.79 Å². The number of nitrogens with zero attached hydrogens (tertiary/aromatic N) is 1. The van der Waals surface area contributed by atoms with Crippen molar-refractivity contribution in [3.05, 3.63) is 65.2 Å². The number of piperidine rings is 1. The van der Waals surface area contributed by atoms with Crippen LogP contribution in [-0.2, 0) is 0 Å². The first-order valence-electron chi connectivity index (χ1n) is 9.01.